The van der Waals surface area contributed by atoms with Crippen LogP contribution in [-0.2, 0) is 49.2 Å². The molecular weight excluding hydrogens is 1110 g/mol. The normalized spacial score (nSPS) is 13.4. The van der Waals surface area contributed by atoms with Crippen LogP contribution in [0.3, 0.4) is 0 Å². The van der Waals surface area contributed by atoms with E-state index in [9.17, 15) is 19.5 Å². The molecule has 2 heterocycles. The average Bonchev–Trinajstić information content (AvgIpc) is 2.22. The Kier molecular flexibility index (Phi) is 19.1. The lowest BCUT2D eigenvalue weighted by Crippen LogP contribution is -2.51. The van der Waals surface area contributed by atoms with Gasteiger partial charge in [-0.05, 0) is 133 Å². The third-order valence-electron chi connectivity index (χ3n) is 12.5. The van der Waals surface area contributed by atoms with Gasteiger partial charge in [0.1, 0.15) is 55.8 Å². The van der Waals surface area contributed by atoms with Crippen LogP contribution in [0.25, 0.3) is 22.2 Å². The van der Waals surface area contributed by atoms with Crippen LogP contribution in [-0.4, -0.2) is 123 Å². The van der Waals surface area contributed by atoms with Gasteiger partial charge in [-0.25, -0.2) is 51.3 Å². The third-order valence-corrected chi connectivity index (χ3v) is 16.0. The molecule has 26 heteroatoms. The molecule has 5 aromatic carbocycles. The number of hydrogen-bond acceptors (Lipinski definition) is 17. The van der Waals surface area contributed by atoms with Crippen molar-refractivity contribution in [2.75, 3.05) is 41.0 Å². The highest BCUT2D eigenvalue weighted by Gasteiger charge is 2.40. The van der Waals surface area contributed by atoms with Gasteiger partial charge in [-0.15, -0.1) is 0 Å². The number of aliphatic imine (C=N–C) groups is 1. The quantitative estimate of drug-likeness (QED) is 0.0388. The Morgan fingerprint density at radius 3 is 1.88 bits per heavy atom. The van der Waals surface area contributed by atoms with E-state index in [1.54, 1.807) is 147 Å². The minimum absolute atomic E-state index is 0.0526. The summed E-state index contributed by atoms with van der Waals surface area (Å²) in [7, 11) is -5.68. The highest BCUT2D eigenvalue weighted by atomic mass is 32.2. The molecule has 83 heavy (non-hydrogen) atoms. The number of carboxylic acid groups (broad SMARTS) is 1. The molecule has 6 N–H and O–H groups in total. The molecule has 444 valence electrons. The molecule has 1 aliphatic heterocycles. The molecule has 3 amide bonds. The fourth-order valence-corrected chi connectivity index (χ4v) is 12.4. The summed E-state index contributed by atoms with van der Waals surface area (Å²) in [5, 5.41) is 24.6. The van der Waals surface area contributed by atoms with Gasteiger partial charge < -0.3 is 44.4 Å². The van der Waals surface area contributed by atoms with E-state index in [2.05, 4.69) is 36.1 Å². The number of alkyl carbamates (subject to hydrolysis) is 2. The summed E-state index contributed by atoms with van der Waals surface area (Å²) < 4.78 is 94.8. The number of ether oxygens (including phenoxy) is 5. The van der Waals surface area contributed by atoms with Crippen LogP contribution >= 0.6 is 0 Å². The summed E-state index contributed by atoms with van der Waals surface area (Å²) in [5.74, 6) is 1.05. The lowest BCUT2D eigenvalue weighted by atomic mass is 9.97. The van der Waals surface area contributed by atoms with E-state index >= 15 is 16.8 Å². The van der Waals surface area contributed by atoms with Crippen molar-refractivity contribution in [3.63, 3.8) is 0 Å². The Hall–Kier alpha value is -8.33. The number of aromatic nitrogens is 2. The number of carbonyl (C=O) groups excluding carboxylic acids is 2. The van der Waals surface area contributed by atoms with Gasteiger partial charge in [-0.1, -0.05) is 53.8 Å². The number of benzene rings is 5. The van der Waals surface area contributed by atoms with E-state index in [4.69, 9.17) is 33.7 Å². The van der Waals surface area contributed by atoms with Crippen molar-refractivity contribution in [3.05, 3.63) is 125 Å². The Labute approximate surface area is 483 Å². The number of imidazole rings is 1. The van der Waals surface area contributed by atoms with Crippen LogP contribution in [0.2, 0.25) is 0 Å². The van der Waals surface area contributed by atoms with Crippen LogP contribution in [0.4, 0.5) is 20.1 Å². The van der Waals surface area contributed by atoms with E-state index in [1.807, 2.05) is 0 Å². The molecule has 1 atom stereocenters. The molecule has 0 radical (unpaired) electrons. The molecule has 6 aromatic rings. The molecule has 0 spiro atoms. The van der Waals surface area contributed by atoms with Crippen molar-refractivity contribution in [1.29, 1.82) is 0 Å². The first-order valence-corrected chi connectivity index (χ1v) is 29.2. The summed E-state index contributed by atoms with van der Waals surface area (Å²) in [5.41, 5.74) is 2.36. The summed E-state index contributed by atoms with van der Waals surface area (Å²) >= 11 is 0. The molecule has 0 saturated carbocycles. The van der Waals surface area contributed by atoms with Gasteiger partial charge in [0.05, 0.1) is 38.9 Å². The van der Waals surface area contributed by atoms with Crippen molar-refractivity contribution in [1.82, 2.24) is 40.0 Å². The number of methoxy groups -OCH3 is 3. The molecule has 2 bridgehead atoms. The Balaban J connectivity index is 1.56. The standard InChI is InChI=1S/C57H71N11O13S2/c1-55(2,3)68(54(71)72)44(32-59-53(70)81-57(7,8)9)50-62-42-15-13-14-41(48(42)64-50)40-25-27-46(82(73,74)61-29-28-58-52(69)80-56(4,5)6)49(47(40)51-63-43-30-37(31-60-66-65-51)20-26-45(43)79-12)83(75,76)67(33-35-16-21-38(77-10)22-17-35)34-36-18-23-39(78-11)24-19-36/h13-27,30,44,61H,28-29,31-34H2,1-12H3,(H,58,69)(H,59,70)(H,62,64)(H,71,72)(H,60,63,65)/t44-/m0/s1. The predicted octanol–water partition coefficient (Wildman–Crippen LogP) is 9.34. The van der Waals surface area contributed by atoms with E-state index in [0.717, 1.165) is 15.3 Å². The third kappa shape index (κ3) is 15.6. The maximum atomic E-state index is 16.6. The molecule has 1 aliphatic rings. The number of hydrogen-bond donors (Lipinski definition) is 6. The van der Waals surface area contributed by atoms with Crippen molar-refractivity contribution in [2.45, 2.75) is 115 Å². The van der Waals surface area contributed by atoms with Crippen molar-refractivity contribution in [2.24, 2.45) is 15.3 Å². The number of sulfonamides is 2. The SMILES string of the molecule is COc1ccc(CN(Cc2ccc(OC)cc2)S(=O)(=O)c2c(S(=O)(=O)NCCNC(=O)OC(C)(C)C)ccc(-c3cccc4[nH]c([C@H](CNC(=O)OC(C)(C)C)N(C(=O)O)C(C)(C)C)nc34)c2C2=Nc3cc(ccc3OC)CN=NN2)cc1. The number of para-hydroxylation sites is 1. The van der Waals surface area contributed by atoms with Gasteiger partial charge in [0.15, 0.2) is 5.84 Å². The van der Waals surface area contributed by atoms with Crippen molar-refractivity contribution in [3.8, 4) is 28.4 Å². The van der Waals surface area contributed by atoms with Crippen molar-refractivity contribution < 1.29 is 60.0 Å². The zero-order valence-corrected chi connectivity index (χ0v) is 50.0. The van der Waals surface area contributed by atoms with Gasteiger partial charge in [-0.2, -0.15) is 9.42 Å². The number of carbonyl (C=O) groups is 3. The number of amides is 3. The van der Waals surface area contributed by atoms with Crippen molar-refractivity contribution >= 4 is 60.9 Å². The maximum absolute atomic E-state index is 16.6. The van der Waals surface area contributed by atoms with Crippen LogP contribution in [0, 0.1) is 0 Å². The van der Waals surface area contributed by atoms with E-state index in [1.165, 1.54) is 27.4 Å². The topological polar surface area (TPSA) is 306 Å². The molecular formula is C57H71N11O13S2. The molecule has 0 fully saturated rings. The van der Waals surface area contributed by atoms with Crippen LogP contribution < -0.4 is 35.0 Å². The van der Waals surface area contributed by atoms with Crippen LogP contribution in [0.15, 0.2) is 122 Å². The lowest BCUT2D eigenvalue weighted by molar-refractivity contribution is 0.0438. The zero-order valence-electron chi connectivity index (χ0n) is 48.4. The second-order valence-corrected chi connectivity index (χ2v) is 25.7. The Morgan fingerprint density at radius 1 is 0.723 bits per heavy atom. The summed E-state index contributed by atoms with van der Waals surface area (Å²) in [6, 6.07) is 24.8. The molecule has 0 saturated heterocycles. The van der Waals surface area contributed by atoms with E-state index < -0.39 is 77.4 Å². The maximum Gasteiger partial charge on any atom is 0.408 e. The van der Waals surface area contributed by atoms with Gasteiger partial charge in [0.25, 0.3) is 0 Å². The monoisotopic (exact) mass is 1180 g/mol. The number of nitrogens with one attached hydrogen (secondary N) is 5. The molecule has 0 aliphatic carbocycles. The molecule has 0 unspecified atom stereocenters. The zero-order chi connectivity index (χ0) is 60.7. The van der Waals surface area contributed by atoms with E-state index in [0.29, 0.717) is 33.7 Å². The minimum Gasteiger partial charge on any atom is -0.497 e. The minimum atomic E-state index is -5.18. The van der Waals surface area contributed by atoms with Gasteiger partial charge in [0.2, 0.25) is 20.0 Å². The average molecular weight is 1180 g/mol. The number of aromatic amines is 1. The number of fused-ring (bicyclic) bond motifs is 3. The van der Waals surface area contributed by atoms with E-state index in [-0.39, 0.29) is 78.0 Å². The van der Waals surface area contributed by atoms with Crippen LogP contribution in [0.1, 0.15) is 96.4 Å². The highest BCUT2D eigenvalue weighted by molar-refractivity contribution is 7.92. The first kappa shape index (κ1) is 62.3. The predicted molar refractivity (Wildman–Crippen MR) is 311 cm³/mol. The number of H-pyrrole nitrogens is 1. The first-order chi connectivity index (χ1) is 39.0. The van der Waals surface area contributed by atoms with Gasteiger partial charge in [0, 0.05) is 49.4 Å². The van der Waals surface area contributed by atoms with Crippen LogP contribution in [0.5, 0.6) is 17.2 Å². The number of amidine groups is 1. The summed E-state index contributed by atoms with van der Waals surface area (Å²) in [6.07, 6.45) is -2.95. The fraction of sp³-hybridized carbons (Fsp3) is 0.386. The Bertz CT molecular complexity index is 3580. The molecule has 1 aromatic heterocycles. The first-order valence-electron chi connectivity index (χ1n) is 26.3. The summed E-state index contributed by atoms with van der Waals surface area (Å²) in [4.78, 5) is 52.0. The second-order valence-electron chi connectivity index (χ2n) is 22.1. The number of nitrogens with zero attached hydrogens (tertiary/aromatic N) is 6. The summed E-state index contributed by atoms with van der Waals surface area (Å²) in [6.45, 7) is 13.6. The smallest absolute Gasteiger partial charge is 0.408 e. The molecule has 24 nitrogen and oxygen atoms in total. The molecule has 7 rings (SSSR count). The fourth-order valence-electron chi connectivity index (χ4n) is 8.95. The Morgan fingerprint density at radius 2 is 1.33 bits per heavy atom. The lowest BCUT2D eigenvalue weighted by Gasteiger charge is -2.38. The second kappa shape index (κ2) is 25.4. The highest BCUT2D eigenvalue weighted by Crippen LogP contribution is 2.41. The van der Waals surface area contributed by atoms with Gasteiger partial charge in [-0.3, -0.25) is 4.90 Å². The largest absolute Gasteiger partial charge is 0.497 e. The van der Waals surface area contributed by atoms with Gasteiger partial charge >= 0.3 is 18.3 Å². The number of rotatable bonds is 20.